The van der Waals surface area contributed by atoms with E-state index in [2.05, 4.69) is 33.8 Å². The van der Waals surface area contributed by atoms with Crippen molar-refractivity contribution in [3.05, 3.63) is 17.3 Å². The Morgan fingerprint density at radius 3 is 2.62 bits per heavy atom. The number of hydrogen-bond acceptors (Lipinski definition) is 5. The van der Waals surface area contributed by atoms with Crippen LogP contribution in [-0.2, 0) is 10.0 Å². The topological polar surface area (TPSA) is 74.3 Å². The average Bonchev–Trinajstić information content (AvgIpc) is 2.43. The highest BCUT2D eigenvalue weighted by atomic mass is 35.5. The Labute approximate surface area is 131 Å². The molecular weight excluding hydrogens is 312 g/mol. The van der Waals surface area contributed by atoms with Gasteiger partial charge in [0.1, 0.15) is 10.7 Å². The number of halogens is 1. The van der Waals surface area contributed by atoms with Crippen LogP contribution in [0.15, 0.2) is 17.2 Å². The van der Waals surface area contributed by atoms with Gasteiger partial charge in [0.2, 0.25) is 10.0 Å². The molecule has 0 aliphatic heterocycles. The highest BCUT2D eigenvalue weighted by molar-refractivity contribution is 7.89. The first-order valence-electron chi connectivity index (χ1n) is 6.81. The first-order chi connectivity index (χ1) is 9.77. The summed E-state index contributed by atoms with van der Waals surface area (Å²) in [7, 11) is 0.117. The Bertz CT molecular complexity index is 563. The van der Waals surface area contributed by atoms with E-state index < -0.39 is 10.0 Å². The van der Waals surface area contributed by atoms with Crippen molar-refractivity contribution in [2.75, 3.05) is 32.5 Å². The number of rotatable bonds is 8. The molecule has 2 N–H and O–H groups in total. The lowest BCUT2D eigenvalue weighted by Gasteiger charge is -2.20. The minimum atomic E-state index is -3.57. The molecule has 0 saturated carbocycles. The second-order valence-corrected chi connectivity index (χ2v) is 7.25. The zero-order chi connectivity index (χ0) is 16.0. The lowest BCUT2D eigenvalue weighted by Crippen LogP contribution is -2.31. The number of nitrogens with one attached hydrogen (secondary N) is 2. The van der Waals surface area contributed by atoms with E-state index in [0.717, 1.165) is 13.0 Å². The molecule has 21 heavy (non-hydrogen) atoms. The van der Waals surface area contributed by atoms with Crippen molar-refractivity contribution < 1.29 is 8.42 Å². The lowest BCUT2D eigenvalue weighted by molar-refractivity contribution is 0.271. The molecule has 1 aromatic heterocycles. The van der Waals surface area contributed by atoms with Gasteiger partial charge in [-0.25, -0.2) is 18.1 Å². The largest absolute Gasteiger partial charge is 0.372 e. The molecule has 8 heteroatoms. The third-order valence-electron chi connectivity index (χ3n) is 3.22. The van der Waals surface area contributed by atoms with E-state index in [-0.39, 0.29) is 9.92 Å². The van der Waals surface area contributed by atoms with Gasteiger partial charge in [-0.1, -0.05) is 11.6 Å². The van der Waals surface area contributed by atoms with Gasteiger partial charge < -0.3 is 10.2 Å². The molecule has 0 spiro atoms. The summed E-state index contributed by atoms with van der Waals surface area (Å²) in [6, 6.07) is 1.84. The van der Waals surface area contributed by atoms with Gasteiger partial charge in [0.05, 0.1) is 5.02 Å². The van der Waals surface area contributed by atoms with Crippen LogP contribution in [0.3, 0.4) is 0 Å². The van der Waals surface area contributed by atoms with Crippen LogP contribution in [0.4, 0.5) is 5.82 Å². The highest BCUT2D eigenvalue weighted by Crippen LogP contribution is 2.21. The van der Waals surface area contributed by atoms with Crippen molar-refractivity contribution in [3.63, 3.8) is 0 Å². The third kappa shape index (κ3) is 5.43. The van der Waals surface area contributed by atoms with Crippen molar-refractivity contribution in [1.82, 2.24) is 14.6 Å². The molecule has 1 aromatic rings. The van der Waals surface area contributed by atoms with Crippen LogP contribution >= 0.6 is 11.6 Å². The van der Waals surface area contributed by atoms with Crippen LogP contribution in [0.1, 0.15) is 20.3 Å². The molecule has 0 amide bonds. The average molecular weight is 335 g/mol. The van der Waals surface area contributed by atoms with Gasteiger partial charge in [-0.2, -0.15) is 0 Å². The summed E-state index contributed by atoms with van der Waals surface area (Å²) in [6.45, 7) is 5.41. The second-order valence-electron chi connectivity index (χ2n) is 5.08. The molecule has 120 valence electrons. The maximum absolute atomic E-state index is 12.1. The molecule has 0 unspecified atom stereocenters. The van der Waals surface area contributed by atoms with Crippen LogP contribution in [-0.4, -0.2) is 51.5 Å². The minimum Gasteiger partial charge on any atom is -0.372 e. The number of aromatic nitrogens is 1. The molecule has 6 nitrogen and oxygen atoms in total. The number of anilines is 1. The summed E-state index contributed by atoms with van der Waals surface area (Å²) in [4.78, 5) is 6.21. The second kappa shape index (κ2) is 7.93. The van der Waals surface area contributed by atoms with Gasteiger partial charge in [0.15, 0.2) is 0 Å². The van der Waals surface area contributed by atoms with Crippen molar-refractivity contribution in [2.45, 2.75) is 31.2 Å². The van der Waals surface area contributed by atoms with Gasteiger partial charge in [-0.3, -0.25) is 0 Å². The number of nitrogens with zero attached hydrogens (tertiary/aromatic N) is 2. The SMILES string of the molecule is CNc1ncc(S(=O)(=O)NCCCN(C)C(C)C)cc1Cl. The number of hydrogen-bond donors (Lipinski definition) is 2. The van der Waals surface area contributed by atoms with E-state index in [0.29, 0.717) is 18.4 Å². The van der Waals surface area contributed by atoms with Crippen LogP contribution in [0.25, 0.3) is 0 Å². The molecule has 0 aliphatic carbocycles. The fourth-order valence-corrected chi connectivity index (χ4v) is 3.00. The Morgan fingerprint density at radius 1 is 1.43 bits per heavy atom. The fraction of sp³-hybridized carbons (Fsp3) is 0.615. The molecule has 0 radical (unpaired) electrons. The van der Waals surface area contributed by atoms with Crippen molar-refractivity contribution in [2.24, 2.45) is 0 Å². The maximum Gasteiger partial charge on any atom is 0.242 e. The Balaban J connectivity index is 2.60. The Kier molecular flexibility index (Phi) is 6.86. The Morgan fingerprint density at radius 2 is 2.10 bits per heavy atom. The summed E-state index contributed by atoms with van der Waals surface area (Å²) < 4.78 is 26.8. The fourth-order valence-electron chi connectivity index (χ4n) is 1.63. The van der Waals surface area contributed by atoms with Gasteiger partial charge in [0, 0.05) is 25.8 Å². The van der Waals surface area contributed by atoms with E-state index in [1.165, 1.54) is 12.3 Å². The van der Waals surface area contributed by atoms with Crippen LogP contribution in [0, 0.1) is 0 Å². The predicted octanol–water partition coefficient (Wildman–Crippen LogP) is 1.79. The molecule has 0 atom stereocenters. The quantitative estimate of drug-likeness (QED) is 0.709. The van der Waals surface area contributed by atoms with E-state index in [4.69, 9.17) is 11.6 Å². The van der Waals surface area contributed by atoms with E-state index in [1.807, 2.05) is 7.05 Å². The summed E-state index contributed by atoms with van der Waals surface area (Å²) in [5.74, 6) is 0.453. The van der Waals surface area contributed by atoms with E-state index >= 15 is 0 Å². The molecular formula is C13H23ClN4O2S. The Hall–Kier alpha value is -0.890. The molecule has 0 aromatic carbocycles. The molecule has 0 fully saturated rings. The minimum absolute atomic E-state index is 0.0729. The molecule has 0 saturated heterocycles. The predicted molar refractivity (Wildman–Crippen MR) is 86.4 cm³/mol. The standard InChI is InChI=1S/C13H23ClN4O2S/c1-10(2)18(4)7-5-6-17-21(19,20)11-8-12(14)13(15-3)16-9-11/h8-10,17H,5-7H2,1-4H3,(H,15,16). The van der Waals surface area contributed by atoms with Crippen molar-refractivity contribution in [3.8, 4) is 0 Å². The normalized spacial score (nSPS) is 12.1. The van der Waals surface area contributed by atoms with Crippen LogP contribution in [0.5, 0.6) is 0 Å². The monoisotopic (exact) mass is 334 g/mol. The van der Waals surface area contributed by atoms with Crippen LogP contribution < -0.4 is 10.0 Å². The van der Waals surface area contributed by atoms with Crippen LogP contribution in [0.2, 0.25) is 5.02 Å². The first-order valence-corrected chi connectivity index (χ1v) is 8.67. The maximum atomic E-state index is 12.1. The summed E-state index contributed by atoms with van der Waals surface area (Å²) in [6.07, 6.45) is 2.03. The summed E-state index contributed by atoms with van der Waals surface area (Å²) in [5.41, 5.74) is 0. The zero-order valence-corrected chi connectivity index (χ0v) is 14.4. The molecule has 1 rings (SSSR count). The first kappa shape index (κ1) is 18.2. The highest BCUT2D eigenvalue weighted by Gasteiger charge is 2.16. The molecule has 1 heterocycles. The van der Waals surface area contributed by atoms with Crippen molar-refractivity contribution in [1.29, 1.82) is 0 Å². The summed E-state index contributed by atoms with van der Waals surface area (Å²) >= 11 is 5.95. The lowest BCUT2D eigenvalue weighted by atomic mass is 10.3. The van der Waals surface area contributed by atoms with Gasteiger partial charge in [0.25, 0.3) is 0 Å². The third-order valence-corrected chi connectivity index (χ3v) is 4.94. The number of sulfonamides is 1. The van der Waals surface area contributed by atoms with E-state index in [1.54, 1.807) is 7.05 Å². The van der Waals surface area contributed by atoms with E-state index in [9.17, 15) is 8.42 Å². The van der Waals surface area contributed by atoms with Gasteiger partial charge >= 0.3 is 0 Å². The number of pyridine rings is 1. The van der Waals surface area contributed by atoms with Gasteiger partial charge in [-0.05, 0) is 39.9 Å². The van der Waals surface area contributed by atoms with Crippen molar-refractivity contribution >= 4 is 27.4 Å². The zero-order valence-electron chi connectivity index (χ0n) is 12.9. The molecule has 0 bridgehead atoms. The van der Waals surface area contributed by atoms with Gasteiger partial charge in [-0.15, -0.1) is 0 Å². The molecule has 0 aliphatic rings. The smallest absolute Gasteiger partial charge is 0.242 e. The summed E-state index contributed by atoms with van der Waals surface area (Å²) in [5, 5.41) is 3.06.